The maximum Gasteiger partial charge on any atom is 0.0545 e. The van der Waals surface area contributed by atoms with Gasteiger partial charge in [-0.05, 0) is 37.0 Å². The van der Waals surface area contributed by atoms with Crippen molar-refractivity contribution in [3.8, 4) is 0 Å². The largest absolute Gasteiger partial charge is 0.393 e. The van der Waals surface area contributed by atoms with E-state index in [1.54, 1.807) is 0 Å². The van der Waals surface area contributed by atoms with E-state index in [0.29, 0.717) is 5.41 Å². The molecule has 78 valence electrons. The Morgan fingerprint density at radius 2 is 2.15 bits per heavy atom. The lowest BCUT2D eigenvalue weighted by atomic mass is 9.82. The summed E-state index contributed by atoms with van der Waals surface area (Å²) in [6.45, 7) is 6.90. The molecule has 1 N–H and O–H groups in total. The highest BCUT2D eigenvalue weighted by Gasteiger charge is 2.33. The molecule has 1 nitrogen and oxygen atoms in total. The van der Waals surface area contributed by atoms with Crippen LogP contribution in [0.1, 0.15) is 59.3 Å². The quantitative estimate of drug-likeness (QED) is 0.710. The van der Waals surface area contributed by atoms with Crippen LogP contribution in [0.25, 0.3) is 0 Å². The summed E-state index contributed by atoms with van der Waals surface area (Å²) < 4.78 is 0. The Kier molecular flexibility index (Phi) is 3.78. The lowest BCUT2D eigenvalue weighted by Crippen LogP contribution is -2.13. The van der Waals surface area contributed by atoms with Gasteiger partial charge in [-0.15, -0.1) is 0 Å². The van der Waals surface area contributed by atoms with Crippen LogP contribution in [0.2, 0.25) is 0 Å². The Morgan fingerprint density at radius 1 is 1.46 bits per heavy atom. The van der Waals surface area contributed by atoms with Crippen LogP contribution in [-0.4, -0.2) is 11.2 Å². The summed E-state index contributed by atoms with van der Waals surface area (Å²) in [6.07, 6.45) is 7.26. The molecule has 0 heterocycles. The van der Waals surface area contributed by atoms with Gasteiger partial charge >= 0.3 is 0 Å². The van der Waals surface area contributed by atoms with Crippen molar-refractivity contribution in [3.63, 3.8) is 0 Å². The van der Waals surface area contributed by atoms with Crippen molar-refractivity contribution in [3.05, 3.63) is 0 Å². The summed E-state index contributed by atoms with van der Waals surface area (Å²) in [4.78, 5) is 0. The molecule has 0 aromatic rings. The molecule has 2 atom stereocenters. The Bertz CT molecular complexity index is 153. The summed E-state index contributed by atoms with van der Waals surface area (Å²) in [5.41, 5.74) is 0.453. The van der Waals surface area contributed by atoms with Crippen LogP contribution in [0, 0.1) is 11.3 Å². The molecule has 0 radical (unpaired) electrons. The van der Waals surface area contributed by atoms with Crippen molar-refractivity contribution in [1.82, 2.24) is 0 Å². The molecular formula is C12H24O. The minimum absolute atomic E-state index is 0.0101. The van der Waals surface area contributed by atoms with E-state index >= 15 is 0 Å². The first kappa shape index (κ1) is 11.0. The molecule has 13 heavy (non-hydrogen) atoms. The van der Waals surface area contributed by atoms with Crippen molar-refractivity contribution in [1.29, 1.82) is 0 Å². The van der Waals surface area contributed by atoms with Gasteiger partial charge < -0.3 is 5.11 Å². The molecule has 1 aliphatic rings. The molecule has 0 amide bonds. The Balaban J connectivity index is 2.20. The standard InChI is InChI=1S/C12H24O/c1-10(2)5-4-7-12(3)8-6-11(13)9-12/h10-11,13H,4-9H2,1-3H3. The fourth-order valence-electron chi connectivity index (χ4n) is 2.45. The molecule has 1 aliphatic carbocycles. The van der Waals surface area contributed by atoms with Crippen molar-refractivity contribution in [2.75, 3.05) is 0 Å². The Hall–Kier alpha value is -0.0400. The second-order valence-electron chi connectivity index (χ2n) is 5.49. The molecule has 0 aromatic carbocycles. The van der Waals surface area contributed by atoms with Gasteiger partial charge in [0.05, 0.1) is 6.10 Å². The topological polar surface area (TPSA) is 20.2 Å². The minimum Gasteiger partial charge on any atom is -0.393 e. The lowest BCUT2D eigenvalue weighted by Gasteiger charge is -2.23. The van der Waals surface area contributed by atoms with Crippen molar-refractivity contribution in [2.45, 2.75) is 65.4 Å². The van der Waals surface area contributed by atoms with Gasteiger partial charge in [-0.2, -0.15) is 0 Å². The average Bonchev–Trinajstić information content (AvgIpc) is 2.30. The van der Waals surface area contributed by atoms with E-state index in [-0.39, 0.29) is 6.10 Å². The third kappa shape index (κ3) is 3.68. The fraction of sp³-hybridized carbons (Fsp3) is 1.00. The third-order valence-electron chi connectivity index (χ3n) is 3.37. The monoisotopic (exact) mass is 184 g/mol. The average molecular weight is 184 g/mol. The minimum atomic E-state index is -0.0101. The summed E-state index contributed by atoms with van der Waals surface area (Å²) in [5.74, 6) is 0.829. The Labute approximate surface area is 82.5 Å². The number of hydrogen-bond donors (Lipinski definition) is 1. The van der Waals surface area contributed by atoms with Crippen LogP contribution in [0.4, 0.5) is 0 Å². The maximum absolute atomic E-state index is 9.47. The van der Waals surface area contributed by atoms with Crippen LogP contribution < -0.4 is 0 Å². The highest BCUT2D eigenvalue weighted by molar-refractivity contribution is 4.85. The summed E-state index contributed by atoms with van der Waals surface area (Å²) >= 11 is 0. The number of rotatable bonds is 4. The first-order valence-corrected chi connectivity index (χ1v) is 5.70. The van der Waals surface area contributed by atoms with Crippen LogP contribution in [0.3, 0.4) is 0 Å². The molecule has 0 bridgehead atoms. The zero-order chi connectivity index (χ0) is 9.90. The molecule has 1 saturated carbocycles. The van der Waals surface area contributed by atoms with Crippen molar-refractivity contribution < 1.29 is 5.11 Å². The van der Waals surface area contributed by atoms with E-state index in [1.165, 1.54) is 25.7 Å². The van der Waals surface area contributed by atoms with E-state index in [2.05, 4.69) is 20.8 Å². The number of aliphatic hydroxyl groups excluding tert-OH is 1. The molecule has 1 heteroatoms. The zero-order valence-electron chi connectivity index (χ0n) is 9.34. The molecule has 0 saturated heterocycles. The summed E-state index contributed by atoms with van der Waals surface area (Å²) in [5, 5.41) is 9.47. The summed E-state index contributed by atoms with van der Waals surface area (Å²) in [7, 11) is 0. The van der Waals surface area contributed by atoms with E-state index in [4.69, 9.17) is 0 Å². The second kappa shape index (κ2) is 4.45. The van der Waals surface area contributed by atoms with Gasteiger partial charge in [0.25, 0.3) is 0 Å². The highest BCUT2D eigenvalue weighted by atomic mass is 16.3. The third-order valence-corrected chi connectivity index (χ3v) is 3.37. The van der Waals surface area contributed by atoms with Crippen molar-refractivity contribution in [2.24, 2.45) is 11.3 Å². The zero-order valence-corrected chi connectivity index (χ0v) is 9.34. The normalized spacial score (nSPS) is 34.4. The van der Waals surface area contributed by atoms with E-state index in [0.717, 1.165) is 18.8 Å². The predicted octanol–water partition coefficient (Wildman–Crippen LogP) is 3.36. The van der Waals surface area contributed by atoms with Crippen molar-refractivity contribution >= 4 is 0 Å². The second-order valence-corrected chi connectivity index (χ2v) is 5.49. The molecule has 1 fully saturated rings. The maximum atomic E-state index is 9.47. The van der Waals surface area contributed by atoms with Crippen LogP contribution in [0.15, 0.2) is 0 Å². The molecule has 1 rings (SSSR count). The fourth-order valence-corrected chi connectivity index (χ4v) is 2.45. The molecular weight excluding hydrogens is 160 g/mol. The van der Waals surface area contributed by atoms with E-state index in [9.17, 15) is 5.11 Å². The van der Waals surface area contributed by atoms with E-state index < -0.39 is 0 Å². The number of hydrogen-bond acceptors (Lipinski definition) is 1. The smallest absolute Gasteiger partial charge is 0.0545 e. The van der Waals surface area contributed by atoms with Gasteiger partial charge in [0.15, 0.2) is 0 Å². The van der Waals surface area contributed by atoms with Crippen LogP contribution in [-0.2, 0) is 0 Å². The summed E-state index contributed by atoms with van der Waals surface area (Å²) in [6, 6.07) is 0. The van der Waals surface area contributed by atoms with Crippen LogP contribution >= 0.6 is 0 Å². The van der Waals surface area contributed by atoms with E-state index in [1.807, 2.05) is 0 Å². The van der Waals surface area contributed by atoms with Gasteiger partial charge in [-0.25, -0.2) is 0 Å². The first-order valence-electron chi connectivity index (χ1n) is 5.70. The van der Waals surface area contributed by atoms with Gasteiger partial charge in [0.1, 0.15) is 0 Å². The Morgan fingerprint density at radius 3 is 2.62 bits per heavy atom. The lowest BCUT2D eigenvalue weighted by molar-refractivity contribution is 0.159. The highest BCUT2D eigenvalue weighted by Crippen LogP contribution is 2.41. The van der Waals surface area contributed by atoms with Gasteiger partial charge in [0.2, 0.25) is 0 Å². The predicted molar refractivity (Wildman–Crippen MR) is 56.7 cm³/mol. The van der Waals surface area contributed by atoms with Gasteiger partial charge in [-0.3, -0.25) is 0 Å². The van der Waals surface area contributed by atoms with Gasteiger partial charge in [-0.1, -0.05) is 33.6 Å². The molecule has 0 spiro atoms. The molecule has 0 aromatic heterocycles. The SMILES string of the molecule is CC(C)CCCC1(C)CCC(O)C1. The molecule has 2 unspecified atom stereocenters. The van der Waals surface area contributed by atoms with Crippen LogP contribution in [0.5, 0.6) is 0 Å². The molecule has 0 aliphatic heterocycles. The number of aliphatic hydroxyl groups is 1. The van der Waals surface area contributed by atoms with Gasteiger partial charge in [0, 0.05) is 0 Å². The first-order chi connectivity index (χ1) is 6.02.